The predicted octanol–water partition coefficient (Wildman–Crippen LogP) is 3.44. The van der Waals surface area contributed by atoms with Crippen molar-refractivity contribution in [3.05, 3.63) is 10.6 Å². The standard InChI is InChI=1S/C12H15F3N2OS/c1-2-3-9-10(6-18)19-11(16-9)17(8-4-5-8)7-12(13,14)15/h6,8H,2-5,7H2,1H3. The van der Waals surface area contributed by atoms with Gasteiger partial charge in [0.2, 0.25) is 0 Å². The zero-order chi connectivity index (χ0) is 14.0. The number of aldehydes is 1. The van der Waals surface area contributed by atoms with E-state index >= 15 is 0 Å². The molecule has 0 radical (unpaired) electrons. The molecule has 3 nitrogen and oxygen atoms in total. The number of hydrogen-bond acceptors (Lipinski definition) is 4. The highest BCUT2D eigenvalue weighted by Gasteiger charge is 2.39. The molecule has 7 heteroatoms. The number of rotatable bonds is 6. The summed E-state index contributed by atoms with van der Waals surface area (Å²) in [4.78, 5) is 16.9. The largest absolute Gasteiger partial charge is 0.406 e. The van der Waals surface area contributed by atoms with Crippen LogP contribution in [0.3, 0.4) is 0 Å². The van der Waals surface area contributed by atoms with Crippen LogP contribution >= 0.6 is 11.3 Å². The second-order valence-corrected chi connectivity index (χ2v) is 5.66. The number of anilines is 1. The monoisotopic (exact) mass is 292 g/mol. The lowest BCUT2D eigenvalue weighted by Crippen LogP contribution is -2.35. The number of nitrogens with zero attached hydrogens (tertiary/aromatic N) is 2. The van der Waals surface area contributed by atoms with Gasteiger partial charge in [-0.15, -0.1) is 0 Å². The summed E-state index contributed by atoms with van der Waals surface area (Å²) in [6.07, 6.45) is -0.614. The summed E-state index contributed by atoms with van der Waals surface area (Å²) >= 11 is 1.06. The fraction of sp³-hybridized carbons (Fsp3) is 0.667. The van der Waals surface area contributed by atoms with E-state index in [1.807, 2.05) is 6.92 Å². The average molecular weight is 292 g/mol. The highest BCUT2D eigenvalue weighted by Crippen LogP contribution is 2.37. The third-order valence-corrected chi connectivity index (χ3v) is 3.95. The lowest BCUT2D eigenvalue weighted by Gasteiger charge is -2.22. The number of aromatic nitrogens is 1. The summed E-state index contributed by atoms with van der Waals surface area (Å²) in [6.45, 7) is 0.955. The van der Waals surface area contributed by atoms with Crippen LogP contribution in [-0.4, -0.2) is 30.0 Å². The van der Waals surface area contributed by atoms with Crippen LogP contribution in [0.15, 0.2) is 0 Å². The second kappa shape index (κ2) is 5.48. The molecule has 0 unspecified atom stereocenters. The summed E-state index contributed by atoms with van der Waals surface area (Å²) in [7, 11) is 0. The van der Waals surface area contributed by atoms with Crippen molar-refractivity contribution < 1.29 is 18.0 Å². The summed E-state index contributed by atoms with van der Waals surface area (Å²) < 4.78 is 37.7. The third kappa shape index (κ3) is 3.68. The Labute approximate surface area is 113 Å². The first-order valence-corrected chi connectivity index (χ1v) is 7.04. The molecule has 1 aromatic heterocycles. The van der Waals surface area contributed by atoms with Gasteiger partial charge < -0.3 is 4.90 Å². The van der Waals surface area contributed by atoms with Crippen LogP contribution in [0.5, 0.6) is 0 Å². The normalized spacial score (nSPS) is 15.6. The Balaban J connectivity index is 2.23. The van der Waals surface area contributed by atoms with Gasteiger partial charge in [0.25, 0.3) is 0 Å². The van der Waals surface area contributed by atoms with Gasteiger partial charge in [-0.2, -0.15) is 13.2 Å². The van der Waals surface area contributed by atoms with Crippen molar-refractivity contribution in [1.29, 1.82) is 0 Å². The van der Waals surface area contributed by atoms with Gasteiger partial charge in [-0.25, -0.2) is 4.98 Å². The first kappa shape index (κ1) is 14.3. The Morgan fingerprint density at radius 1 is 1.47 bits per heavy atom. The first-order chi connectivity index (χ1) is 8.94. The zero-order valence-corrected chi connectivity index (χ0v) is 11.4. The Morgan fingerprint density at radius 2 is 2.16 bits per heavy atom. The van der Waals surface area contributed by atoms with Crippen molar-refractivity contribution in [2.75, 3.05) is 11.4 Å². The van der Waals surface area contributed by atoms with Crippen LogP contribution in [0.25, 0.3) is 0 Å². The lowest BCUT2D eigenvalue weighted by atomic mass is 10.2. The highest BCUT2D eigenvalue weighted by molar-refractivity contribution is 7.17. The minimum absolute atomic E-state index is 0.0817. The molecule has 0 bridgehead atoms. The molecule has 106 valence electrons. The highest BCUT2D eigenvalue weighted by atomic mass is 32.1. The molecule has 0 spiro atoms. The fourth-order valence-electron chi connectivity index (χ4n) is 1.91. The molecule has 2 rings (SSSR count). The number of carbonyl (C=O) groups excluding carboxylic acids is 1. The Kier molecular flexibility index (Phi) is 4.13. The molecule has 19 heavy (non-hydrogen) atoms. The Hall–Kier alpha value is -1.11. The fourth-order valence-corrected chi connectivity index (χ4v) is 2.91. The topological polar surface area (TPSA) is 33.2 Å². The van der Waals surface area contributed by atoms with Gasteiger partial charge in [-0.1, -0.05) is 24.7 Å². The molecule has 1 heterocycles. The van der Waals surface area contributed by atoms with E-state index in [9.17, 15) is 18.0 Å². The lowest BCUT2D eigenvalue weighted by molar-refractivity contribution is -0.120. The Bertz CT molecular complexity index is 454. The van der Waals surface area contributed by atoms with Crippen molar-refractivity contribution in [3.63, 3.8) is 0 Å². The van der Waals surface area contributed by atoms with E-state index in [1.165, 1.54) is 4.90 Å². The SMILES string of the molecule is CCCc1nc(N(CC(F)(F)F)C2CC2)sc1C=O. The minimum atomic E-state index is -4.25. The van der Waals surface area contributed by atoms with E-state index in [-0.39, 0.29) is 6.04 Å². The number of carbonyl (C=O) groups is 1. The van der Waals surface area contributed by atoms with Crippen LogP contribution in [0.4, 0.5) is 18.3 Å². The van der Waals surface area contributed by atoms with Crippen molar-refractivity contribution in [3.8, 4) is 0 Å². The molecule has 1 aliphatic rings. The minimum Gasteiger partial charge on any atom is -0.336 e. The molecule has 0 N–H and O–H groups in total. The van der Waals surface area contributed by atoms with E-state index in [4.69, 9.17) is 0 Å². The molecular formula is C12H15F3N2OS. The molecule has 0 aliphatic heterocycles. The third-order valence-electron chi connectivity index (χ3n) is 2.89. The van der Waals surface area contributed by atoms with Gasteiger partial charge in [0.15, 0.2) is 11.4 Å². The zero-order valence-electron chi connectivity index (χ0n) is 10.5. The van der Waals surface area contributed by atoms with Crippen molar-refractivity contribution in [2.45, 2.75) is 44.8 Å². The quantitative estimate of drug-likeness (QED) is 0.753. The molecule has 0 amide bonds. The van der Waals surface area contributed by atoms with Crippen molar-refractivity contribution in [2.24, 2.45) is 0 Å². The maximum atomic E-state index is 12.6. The molecule has 1 saturated carbocycles. The van der Waals surface area contributed by atoms with Gasteiger partial charge in [-0.3, -0.25) is 4.79 Å². The van der Waals surface area contributed by atoms with Crippen LogP contribution in [0, 0.1) is 0 Å². The smallest absolute Gasteiger partial charge is 0.336 e. The van der Waals surface area contributed by atoms with Gasteiger partial charge in [0, 0.05) is 6.04 Å². The van der Waals surface area contributed by atoms with Crippen LogP contribution in [-0.2, 0) is 6.42 Å². The Morgan fingerprint density at radius 3 is 2.63 bits per heavy atom. The molecule has 1 aromatic rings. The number of aryl methyl sites for hydroxylation is 1. The van der Waals surface area contributed by atoms with Crippen LogP contribution < -0.4 is 4.90 Å². The number of alkyl halides is 3. The molecule has 1 aliphatic carbocycles. The van der Waals surface area contributed by atoms with Gasteiger partial charge in [-0.05, 0) is 19.3 Å². The molecule has 1 fully saturated rings. The van der Waals surface area contributed by atoms with Crippen LogP contribution in [0.1, 0.15) is 41.6 Å². The first-order valence-electron chi connectivity index (χ1n) is 6.23. The maximum Gasteiger partial charge on any atom is 0.406 e. The van der Waals surface area contributed by atoms with Crippen LogP contribution in [0.2, 0.25) is 0 Å². The van der Waals surface area contributed by atoms with E-state index in [2.05, 4.69) is 4.98 Å². The van der Waals surface area contributed by atoms with E-state index in [0.717, 1.165) is 30.6 Å². The van der Waals surface area contributed by atoms with Gasteiger partial charge in [0.05, 0.1) is 10.6 Å². The van der Waals surface area contributed by atoms with Gasteiger partial charge in [0.1, 0.15) is 6.54 Å². The molecule has 0 saturated heterocycles. The van der Waals surface area contributed by atoms with E-state index in [1.54, 1.807) is 0 Å². The van der Waals surface area contributed by atoms with Crippen molar-refractivity contribution in [1.82, 2.24) is 4.98 Å². The summed E-state index contributed by atoms with van der Waals surface area (Å²) in [5, 5.41) is 0.324. The number of halogens is 3. The number of hydrogen-bond donors (Lipinski definition) is 0. The molecular weight excluding hydrogens is 277 g/mol. The average Bonchev–Trinajstić information content (AvgIpc) is 3.07. The number of thiazole rings is 1. The summed E-state index contributed by atoms with van der Waals surface area (Å²) in [6, 6.07) is -0.0817. The second-order valence-electron chi connectivity index (χ2n) is 4.65. The van der Waals surface area contributed by atoms with Crippen molar-refractivity contribution >= 4 is 22.8 Å². The molecule has 0 atom stereocenters. The molecule has 0 aromatic carbocycles. The maximum absolute atomic E-state index is 12.6. The van der Waals surface area contributed by atoms with Gasteiger partial charge >= 0.3 is 6.18 Å². The summed E-state index contributed by atoms with van der Waals surface area (Å²) in [5.74, 6) is 0. The van der Waals surface area contributed by atoms with E-state index in [0.29, 0.717) is 28.4 Å². The van der Waals surface area contributed by atoms with E-state index < -0.39 is 12.7 Å². The summed E-state index contributed by atoms with van der Waals surface area (Å²) in [5.41, 5.74) is 0.616. The predicted molar refractivity (Wildman–Crippen MR) is 67.9 cm³/mol.